The van der Waals surface area contributed by atoms with Gasteiger partial charge in [-0.3, -0.25) is 9.78 Å². The molecule has 0 fully saturated rings. The second-order valence-corrected chi connectivity index (χ2v) is 7.22. The van der Waals surface area contributed by atoms with E-state index in [2.05, 4.69) is 15.3 Å². The van der Waals surface area contributed by atoms with E-state index in [1.807, 2.05) is 37.3 Å². The van der Waals surface area contributed by atoms with E-state index in [1.165, 1.54) is 7.11 Å². The third-order valence-corrected chi connectivity index (χ3v) is 5.10. The van der Waals surface area contributed by atoms with Crippen LogP contribution in [0.4, 0.5) is 5.69 Å². The van der Waals surface area contributed by atoms with Gasteiger partial charge in [0, 0.05) is 40.6 Å². The first-order valence-corrected chi connectivity index (χ1v) is 9.79. The molecule has 2 aromatic carbocycles. The highest BCUT2D eigenvalue weighted by molar-refractivity contribution is 6.06. The van der Waals surface area contributed by atoms with Crippen molar-refractivity contribution in [2.24, 2.45) is 5.73 Å². The predicted molar refractivity (Wildman–Crippen MR) is 120 cm³/mol. The van der Waals surface area contributed by atoms with Crippen LogP contribution in [0.15, 0.2) is 67.0 Å². The highest BCUT2D eigenvalue weighted by atomic mass is 16.5. The number of nitrogens with two attached hydrogens (primary N) is 1. The lowest BCUT2D eigenvalue weighted by Crippen LogP contribution is -2.13. The smallest absolute Gasteiger partial charge is 0.354 e. The highest BCUT2D eigenvalue weighted by Gasteiger charge is 2.18. The van der Waals surface area contributed by atoms with Crippen LogP contribution in [0.3, 0.4) is 0 Å². The molecule has 31 heavy (non-hydrogen) atoms. The standard InChI is InChI=1S/C24H22N4O3/c1-14(25)17-7-6-15(23(29)27-16-8-10-26-11-9-16)12-19(17)18-4-3-5-21-20(18)13-22(28-21)24(30)31-2/h3-14,28H,25H2,1-2H3,(H,26,27,29). The van der Waals surface area contributed by atoms with Gasteiger partial charge < -0.3 is 20.8 Å². The van der Waals surface area contributed by atoms with Crippen LogP contribution in [0.5, 0.6) is 0 Å². The summed E-state index contributed by atoms with van der Waals surface area (Å²) in [7, 11) is 1.34. The minimum absolute atomic E-state index is 0.236. The van der Waals surface area contributed by atoms with Gasteiger partial charge in [-0.2, -0.15) is 0 Å². The maximum absolute atomic E-state index is 12.8. The number of amides is 1. The zero-order valence-electron chi connectivity index (χ0n) is 17.2. The summed E-state index contributed by atoms with van der Waals surface area (Å²) < 4.78 is 4.83. The van der Waals surface area contributed by atoms with Gasteiger partial charge in [0.25, 0.3) is 5.91 Å². The average molecular weight is 414 g/mol. The number of aromatic amines is 1. The largest absolute Gasteiger partial charge is 0.464 e. The van der Waals surface area contributed by atoms with Crippen LogP contribution in [0, 0.1) is 0 Å². The molecule has 1 atom stereocenters. The molecular weight excluding hydrogens is 392 g/mol. The molecule has 1 unspecified atom stereocenters. The molecule has 156 valence electrons. The van der Waals surface area contributed by atoms with E-state index >= 15 is 0 Å². The van der Waals surface area contributed by atoms with E-state index < -0.39 is 5.97 Å². The number of hydrogen-bond acceptors (Lipinski definition) is 5. The third kappa shape index (κ3) is 4.04. The second kappa shape index (κ2) is 8.41. The van der Waals surface area contributed by atoms with Crippen LogP contribution in [0.2, 0.25) is 0 Å². The number of aromatic nitrogens is 2. The molecule has 0 aliphatic heterocycles. The summed E-state index contributed by atoms with van der Waals surface area (Å²) in [6.45, 7) is 1.90. The van der Waals surface area contributed by atoms with Crippen molar-refractivity contribution in [1.29, 1.82) is 0 Å². The number of anilines is 1. The van der Waals surface area contributed by atoms with Crippen LogP contribution in [0.1, 0.15) is 39.4 Å². The molecule has 0 aliphatic rings. The maximum Gasteiger partial charge on any atom is 0.354 e. The van der Waals surface area contributed by atoms with Gasteiger partial charge in [0.2, 0.25) is 0 Å². The normalized spacial score (nSPS) is 11.8. The van der Waals surface area contributed by atoms with E-state index in [4.69, 9.17) is 10.5 Å². The minimum atomic E-state index is -0.444. The predicted octanol–water partition coefficient (Wildman–Crippen LogP) is 4.29. The number of esters is 1. The Labute approximate surface area is 179 Å². The van der Waals surface area contributed by atoms with E-state index in [9.17, 15) is 9.59 Å². The van der Waals surface area contributed by atoms with Crippen molar-refractivity contribution in [2.75, 3.05) is 12.4 Å². The number of ether oxygens (including phenoxy) is 1. The fourth-order valence-corrected chi connectivity index (χ4v) is 3.58. The summed E-state index contributed by atoms with van der Waals surface area (Å²) in [5.41, 5.74) is 11.1. The van der Waals surface area contributed by atoms with Gasteiger partial charge in [-0.25, -0.2) is 4.79 Å². The summed E-state index contributed by atoms with van der Waals surface area (Å²) in [6.07, 6.45) is 3.23. The Bertz CT molecular complexity index is 1260. The monoisotopic (exact) mass is 414 g/mol. The summed E-state index contributed by atoms with van der Waals surface area (Å²) in [5, 5.41) is 3.72. The van der Waals surface area contributed by atoms with Gasteiger partial charge in [0.05, 0.1) is 7.11 Å². The molecule has 0 saturated heterocycles. The van der Waals surface area contributed by atoms with Crippen LogP contribution in [-0.4, -0.2) is 29.0 Å². The molecule has 0 aliphatic carbocycles. The molecule has 0 bridgehead atoms. The Morgan fingerprint density at radius 3 is 2.55 bits per heavy atom. The number of pyridine rings is 1. The first kappa shape index (κ1) is 20.3. The van der Waals surface area contributed by atoms with Gasteiger partial charge in [-0.1, -0.05) is 18.2 Å². The summed E-state index contributed by atoms with van der Waals surface area (Å²) in [4.78, 5) is 31.9. The molecule has 0 radical (unpaired) electrons. The van der Waals surface area contributed by atoms with Crippen LogP contribution in [-0.2, 0) is 4.74 Å². The zero-order chi connectivity index (χ0) is 22.0. The molecule has 0 spiro atoms. The number of nitrogens with one attached hydrogen (secondary N) is 2. The average Bonchev–Trinajstić information content (AvgIpc) is 3.23. The Morgan fingerprint density at radius 2 is 1.84 bits per heavy atom. The number of carbonyl (C=O) groups excluding carboxylic acids is 2. The topological polar surface area (TPSA) is 110 Å². The number of H-pyrrole nitrogens is 1. The molecule has 7 nitrogen and oxygen atoms in total. The lowest BCUT2D eigenvalue weighted by Gasteiger charge is -2.16. The number of hydrogen-bond donors (Lipinski definition) is 3. The van der Waals surface area contributed by atoms with Gasteiger partial charge in [0.15, 0.2) is 0 Å². The number of carbonyl (C=O) groups is 2. The number of methoxy groups -OCH3 is 1. The first-order valence-electron chi connectivity index (χ1n) is 9.79. The number of benzene rings is 2. The number of nitrogens with zero attached hydrogens (tertiary/aromatic N) is 1. The van der Waals surface area contributed by atoms with Crippen LogP contribution < -0.4 is 11.1 Å². The molecule has 4 rings (SSSR count). The third-order valence-electron chi connectivity index (χ3n) is 5.10. The van der Waals surface area contributed by atoms with Gasteiger partial charge >= 0.3 is 5.97 Å². The van der Waals surface area contributed by atoms with E-state index in [0.717, 1.165) is 27.6 Å². The van der Waals surface area contributed by atoms with Gasteiger partial charge in [-0.05, 0) is 60.0 Å². The van der Waals surface area contributed by atoms with Crippen molar-refractivity contribution >= 4 is 28.5 Å². The molecule has 0 saturated carbocycles. The lowest BCUT2D eigenvalue weighted by molar-refractivity contribution is 0.0595. The summed E-state index contributed by atoms with van der Waals surface area (Å²) in [5.74, 6) is -0.680. The fourth-order valence-electron chi connectivity index (χ4n) is 3.58. The maximum atomic E-state index is 12.8. The van der Waals surface area contributed by atoms with Crippen LogP contribution in [0.25, 0.3) is 22.0 Å². The highest BCUT2D eigenvalue weighted by Crippen LogP contribution is 2.34. The molecule has 4 N–H and O–H groups in total. The zero-order valence-corrected chi connectivity index (χ0v) is 17.2. The Morgan fingerprint density at radius 1 is 1.06 bits per heavy atom. The second-order valence-electron chi connectivity index (χ2n) is 7.22. The molecule has 7 heteroatoms. The van der Waals surface area contributed by atoms with E-state index in [1.54, 1.807) is 36.7 Å². The number of fused-ring (bicyclic) bond motifs is 1. The molecular formula is C24H22N4O3. The lowest BCUT2D eigenvalue weighted by atomic mass is 9.92. The minimum Gasteiger partial charge on any atom is -0.464 e. The van der Waals surface area contributed by atoms with Crippen LogP contribution >= 0.6 is 0 Å². The Kier molecular flexibility index (Phi) is 5.51. The first-order chi connectivity index (χ1) is 15.0. The van der Waals surface area contributed by atoms with Crippen molar-refractivity contribution in [1.82, 2.24) is 9.97 Å². The quantitative estimate of drug-likeness (QED) is 0.422. The Hall–Kier alpha value is -3.97. The summed E-state index contributed by atoms with van der Waals surface area (Å²) in [6, 6.07) is 16.1. The molecule has 1 amide bonds. The van der Waals surface area contributed by atoms with Gasteiger partial charge in [-0.15, -0.1) is 0 Å². The molecule has 4 aromatic rings. The SMILES string of the molecule is COC(=O)c1cc2c(-c3cc(C(=O)Nc4ccncc4)ccc3C(C)N)cccc2[nH]1. The van der Waals surface area contributed by atoms with Crippen molar-refractivity contribution < 1.29 is 14.3 Å². The van der Waals surface area contributed by atoms with Crippen molar-refractivity contribution in [3.8, 4) is 11.1 Å². The van der Waals surface area contributed by atoms with Crippen molar-refractivity contribution in [3.05, 3.63) is 83.8 Å². The van der Waals surface area contributed by atoms with Crippen molar-refractivity contribution in [2.45, 2.75) is 13.0 Å². The Balaban J connectivity index is 1.82. The van der Waals surface area contributed by atoms with Gasteiger partial charge in [0.1, 0.15) is 5.69 Å². The fraction of sp³-hybridized carbons (Fsp3) is 0.125. The molecule has 2 aromatic heterocycles. The molecule has 2 heterocycles. The van der Waals surface area contributed by atoms with E-state index in [0.29, 0.717) is 16.9 Å². The number of rotatable bonds is 5. The van der Waals surface area contributed by atoms with Crippen molar-refractivity contribution in [3.63, 3.8) is 0 Å². The summed E-state index contributed by atoms with van der Waals surface area (Å²) >= 11 is 0. The van der Waals surface area contributed by atoms with E-state index in [-0.39, 0.29) is 11.9 Å².